The van der Waals surface area contributed by atoms with E-state index in [1.165, 1.54) is 11.1 Å². The summed E-state index contributed by atoms with van der Waals surface area (Å²) in [7, 11) is 1.56. The molecule has 7 nitrogen and oxygen atoms in total. The molecule has 31 heavy (non-hydrogen) atoms. The first-order chi connectivity index (χ1) is 15.0. The molecule has 1 N–H and O–H groups in total. The number of aryl methyl sites for hydroxylation is 1. The van der Waals surface area contributed by atoms with Crippen molar-refractivity contribution >= 4 is 28.2 Å². The lowest BCUT2D eigenvalue weighted by molar-refractivity contribution is -0.117. The Bertz CT molecular complexity index is 1170. The third-order valence-corrected chi connectivity index (χ3v) is 5.73. The summed E-state index contributed by atoms with van der Waals surface area (Å²) in [5, 5.41) is 8.90. The number of fused-ring (bicyclic) bond motifs is 1. The second-order valence-electron chi connectivity index (χ2n) is 8.28. The van der Waals surface area contributed by atoms with Gasteiger partial charge in [-0.3, -0.25) is 9.59 Å². The van der Waals surface area contributed by atoms with Gasteiger partial charge in [0.05, 0.1) is 18.2 Å². The van der Waals surface area contributed by atoms with Gasteiger partial charge in [-0.2, -0.15) is 5.10 Å². The molecule has 0 aliphatic carbocycles. The summed E-state index contributed by atoms with van der Waals surface area (Å²) in [6, 6.07) is 13.1. The van der Waals surface area contributed by atoms with Gasteiger partial charge in [0.2, 0.25) is 5.91 Å². The number of hydrogen-bond acceptors (Lipinski definition) is 5. The Morgan fingerprint density at radius 2 is 2.00 bits per heavy atom. The lowest BCUT2D eigenvalue weighted by Crippen LogP contribution is -2.38. The maximum atomic E-state index is 13.1. The van der Waals surface area contributed by atoms with Crippen LogP contribution in [0.15, 0.2) is 47.3 Å². The maximum absolute atomic E-state index is 13.1. The van der Waals surface area contributed by atoms with Crippen molar-refractivity contribution < 1.29 is 9.53 Å². The molecule has 0 saturated carbocycles. The van der Waals surface area contributed by atoms with E-state index in [9.17, 15) is 9.59 Å². The highest BCUT2D eigenvalue weighted by atomic mass is 16.5. The summed E-state index contributed by atoms with van der Waals surface area (Å²) in [6.07, 6.45) is 2.28. The molecular formula is C24H28N4O3. The molecule has 4 rings (SSSR count). The second kappa shape index (κ2) is 8.79. The number of nitrogens with zero attached hydrogens (tertiary/aromatic N) is 3. The molecule has 1 aromatic heterocycles. The van der Waals surface area contributed by atoms with Crippen LogP contribution in [0.2, 0.25) is 0 Å². The first-order valence-electron chi connectivity index (χ1n) is 10.7. The maximum Gasteiger partial charge on any atom is 0.275 e. The molecule has 1 saturated heterocycles. The summed E-state index contributed by atoms with van der Waals surface area (Å²) in [4.78, 5) is 28.1. The Hall–Kier alpha value is -3.35. The predicted octanol–water partition coefficient (Wildman–Crippen LogP) is 3.59. The Kier molecular flexibility index (Phi) is 5.93. The molecule has 2 aromatic carbocycles. The number of carbonyl (C=O) groups is 1. The fourth-order valence-corrected chi connectivity index (χ4v) is 4.19. The molecule has 1 aliphatic rings. The number of piperidine rings is 1. The highest BCUT2D eigenvalue weighted by molar-refractivity contribution is 5.94. The molecule has 0 radical (unpaired) electrons. The largest absolute Gasteiger partial charge is 0.495 e. The number of carbonyl (C=O) groups excluding carboxylic acids is 1. The Labute approximate surface area is 181 Å². The van der Waals surface area contributed by atoms with E-state index < -0.39 is 0 Å². The van der Waals surface area contributed by atoms with E-state index in [4.69, 9.17) is 4.74 Å². The van der Waals surface area contributed by atoms with Crippen molar-refractivity contribution in [1.29, 1.82) is 0 Å². The fraction of sp³-hybridized carbons (Fsp3) is 0.375. The van der Waals surface area contributed by atoms with Crippen LogP contribution >= 0.6 is 0 Å². The standard InChI is InChI=1S/C24H28N4O3/c1-16-10-11-21(31-3)20(13-16)25-22(29)15-28-24(30)19-9-5-4-8-18(19)23(26-28)27-12-6-7-17(2)14-27/h4-5,8-11,13,17H,6-7,12,14-15H2,1-3H3,(H,25,29). The van der Waals surface area contributed by atoms with E-state index in [-0.39, 0.29) is 18.0 Å². The number of methoxy groups -OCH3 is 1. The van der Waals surface area contributed by atoms with Gasteiger partial charge in [0.15, 0.2) is 5.82 Å². The van der Waals surface area contributed by atoms with Crippen molar-refractivity contribution in [2.45, 2.75) is 33.2 Å². The van der Waals surface area contributed by atoms with Crippen LogP contribution < -0.4 is 20.5 Å². The highest BCUT2D eigenvalue weighted by Crippen LogP contribution is 2.27. The topological polar surface area (TPSA) is 76.5 Å². The Balaban J connectivity index is 1.68. The van der Waals surface area contributed by atoms with Crippen molar-refractivity contribution in [3.8, 4) is 5.75 Å². The number of ether oxygens (including phenoxy) is 1. The zero-order valence-corrected chi connectivity index (χ0v) is 18.2. The van der Waals surface area contributed by atoms with Crippen LogP contribution in [0.25, 0.3) is 10.8 Å². The molecule has 3 aromatic rings. The number of hydrogen-bond donors (Lipinski definition) is 1. The summed E-state index contributed by atoms with van der Waals surface area (Å²) in [6.45, 7) is 5.79. The van der Waals surface area contributed by atoms with Crippen LogP contribution in [-0.2, 0) is 11.3 Å². The Morgan fingerprint density at radius 1 is 1.23 bits per heavy atom. The number of rotatable bonds is 5. The monoisotopic (exact) mass is 420 g/mol. The van der Waals surface area contributed by atoms with E-state index in [1.807, 2.05) is 37.3 Å². The van der Waals surface area contributed by atoms with E-state index in [1.54, 1.807) is 19.2 Å². The summed E-state index contributed by atoms with van der Waals surface area (Å²) in [5.74, 6) is 1.57. The number of amides is 1. The van der Waals surface area contributed by atoms with Crippen molar-refractivity contribution in [2.24, 2.45) is 5.92 Å². The smallest absolute Gasteiger partial charge is 0.275 e. The van der Waals surface area contributed by atoms with Crippen LogP contribution in [0, 0.1) is 12.8 Å². The third-order valence-electron chi connectivity index (χ3n) is 5.73. The molecule has 7 heteroatoms. The van der Waals surface area contributed by atoms with Crippen molar-refractivity contribution in [1.82, 2.24) is 9.78 Å². The zero-order valence-electron chi connectivity index (χ0n) is 18.2. The van der Waals surface area contributed by atoms with Crippen LogP contribution in [0.4, 0.5) is 11.5 Å². The summed E-state index contributed by atoms with van der Waals surface area (Å²) < 4.78 is 6.61. The number of anilines is 2. The first-order valence-corrected chi connectivity index (χ1v) is 10.7. The van der Waals surface area contributed by atoms with Crippen LogP contribution in [0.1, 0.15) is 25.3 Å². The molecule has 1 amide bonds. The number of benzene rings is 2. The van der Waals surface area contributed by atoms with Gasteiger partial charge in [0.1, 0.15) is 12.3 Å². The van der Waals surface area contributed by atoms with Gasteiger partial charge in [-0.25, -0.2) is 4.68 Å². The fourth-order valence-electron chi connectivity index (χ4n) is 4.19. The van der Waals surface area contributed by atoms with Crippen LogP contribution in [-0.4, -0.2) is 35.9 Å². The van der Waals surface area contributed by atoms with Crippen molar-refractivity contribution in [2.75, 3.05) is 30.4 Å². The highest BCUT2D eigenvalue weighted by Gasteiger charge is 2.22. The Morgan fingerprint density at radius 3 is 2.74 bits per heavy atom. The minimum absolute atomic E-state index is 0.169. The normalized spacial score (nSPS) is 16.4. The third kappa shape index (κ3) is 4.40. The minimum atomic E-state index is -0.327. The first kappa shape index (κ1) is 20.9. The summed E-state index contributed by atoms with van der Waals surface area (Å²) >= 11 is 0. The molecule has 162 valence electrons. The van der Waals surface area contributed by atoms with Gasteiger partial charge in [0, 0.05) is 18.5 Å². The van der Waals surface area contributed by atoms with Gasteiger partial charge in [-0.05, 0) is 49.4 Å². The zero-order chi connectivity index (χ0) is 22.0. The molecule has 1 aliphatic heterocycles. The van der Waals surface area contributed by atoms with Crippen LogP contribution in [0.5, 0.6) is 5.75 Å². The van der Waals surface area contributed by atoms with E-state index in [0.29, 0.717) is 22.7 Å². The molecular weight excluding hydrogens is 392 g/mol. The average Bonchev–Trinajstić information content (AvgIpc) is 2.76. The molecule has 2 heterocycles. The lowest BCUT2D eigenvalue weighted by Gasteiger charge is -2.32. The molecule has 0 spiro atoms. The SMILES string of the molecule is COc1ccc(C)cc1NC(=O)Cn1nc(N2CCCC(C)C2)c2ccccc2c1=O. The predicted molar refractivity (Wildman–Crippen MR) is 123 cm³/mol. The van der Waals surface area contributed by atoms with Gasteiger partial charge in [-0.15, -0.1) is 0 Å². The minimum Gasteiger partial charge on any atom is -0.495 e. The number of nitrogens with one attached hydrogen (secondary N) is 1. The quantitative estimate of drug-likeness (QED) is 0.683. The average molecular weight is 421 g/mol. The van der Waals surface area contributed by atoms with E-state index in [0.717, 1.165) is 36.3 Å². The van der Waals surface area contributed by atoms with Crippen molar-refractivity contribution in [3.63, 3.8) is 0 Å². The molecule has 1 atom stereocenters. The van der Waals surface area contributed by atoms with Crippen LogP contribution in [0.3, 0.4) is 0 Å². The van der Waals surface area contributed by atoms with Gasteiger partial charge in [-0.1, -0.05) is 31.2 Å². The molecule has 0 bridgehead atoms. The molecule has 1 fully saturated rings. The van der Waals surface area contributed by atoms with Gasteiger partial charge < -0.3 is 15.0 Å². The second-order valence-corrected chi connectivity index (χ2v) is 8.28. The van der Waals surface area contributed by atoms with Crippen molar-refractivity contribution in [3.05, 3.63) is 58.4 Å². The van der Waals surface area contributed by atoms with E-state index >= 15 is 0 Å². The lowest BCUT2D eigenvalue weighted by atomic mass is 10.00. The van der Waals surface area contributed by atoms with Gasteiger partial charge >= 0.3 is 0 Å². The van der Waals surface area contributed by atoms with E-state index in [2.05, 4.69) is 22.2 Å². The van der Waals surface area contributed by atoms with Gasteiger partial charge in [0.25, 0.3) is 5.56 Å². The molecule has 1 unspecified atom stereocenters. The number of aromatic nitrogens is 2. The summed E-state index contributed by atoms with van der Waals surface area (Å²) in [5.41, 5.74) is 1.31.